The number of aliphatic hydroxyl groups excluding tert-OH is 1. The van der Waals surface area contributed by atoms with E-state index >= 15 is 8.78 Å². The smallest absolute Gasteiger partial charge is 0.319 e. The Balaban J connectivity index is 1.33. The summed E-state index contributed by atoms with van der Waals surface area (Å²) in [4.78, 5) is 18.5. The van der Waals surface area contributed by atoms with Crippen LogP contribution in [0.1, 0.15) is 57.9 Å². The summed E-state index contributed by atoms with van der Waals surface area (Å²) in [7, 11) is 3.15. The first-order chi connectivity index (χ1) is 26.0. The molecule has 2 N–H and O–H groups in total. The average Bonchev–Trinajstić information content (AvgIpc) is 3.48. The number of aliphatic hydroxyl groups is 1. The SMILES string of the molecule is C#Cc1c(F)ccc2cc(O)cc(-c3nc(OC)c4c(N5CCOCC(O)C5)nc(OCC56CCC[C@H]5N(CC(C)CC(C)OC)CCC6)nc4c3F)c12. The molecule has 0 spiro atoms. The number of benzene rings is 2. The second-order valence-corrected chi connectivity index (χ2v) is 15.2. The van der Waals surface area contributed by atoms with E-state index in [1.54, 1.807) is 12.0 Å². The molecule has 0 radical (unpaired) electrons. The summed E-state index contributed by atoms with van der Waals surface area (Å²) in [5.41, 5.74) is -0.528. The first-order valence-electron chi connectivity index (χ1n) is 18.8. The van der Waals surface area contributed by atoms with E-state index in [2.05, 4.69) is 34.6 Å². The quantitative estimate of drug-likeness (QED) is 0.174. The topological polar surface area (TPSA) is 123 Å². The highest BCUT2D eigenvalue weighted by Crippen LogP contribution is 2.49. The molecule has 2 aliphatic heterocycles. The number of fused-ring (bicyclic) bond motifs is 3. The molecule has 0 amide bonds. The van der Waals surface area contributed by atoms with E-state index in [4.69, 9.17) is 30.4 Å². The molecule has 5 atom stereocenters. The summed E-state index contributed by atoms with van der Waals surface area (Å²) in [6.45, 7) is 7.68. The van der Waals surface area contributed by atoms with Crippen molar-refractivity contribution in [2.24, 2.45) is 11.3 Å². The molecule has 3 fully saturated rings. The van der Waals surface area contributed by atoms with Crippen LogP contribution in [0, 0.1) is 35.3 Å². The van der Waals surface area contributed by atoms with Crippen molar-refractivity contribution >= 4 is 27.5 Å². The number of likely N-dealkylation sites (tertiary alicyclic amines) is 1. The van der Waals surface area contributed by atoms with E-state index in [1.165, 1.54) is 31.4 Å². The van der Waals surface area contributed by atoms with Crippen molar-refractivity contribution in [2.45, 2.75) is 70.6 Å². The lowest BCUT2D eigenvalue weighted by Crippen LogP contribution is -2.53. The number of rotatable bonds is 11. The van der Waals surface area contributed by atoms with Crippen LogP contribution in [-0.4, -0.2) is 109 Å². The lowest BCUT2D eigenvalue weighted by atomic mass is 9.75. The molecule has 7 rings (SSSR count). The van der Waals surface area contributed by atoms with Crippen LogP contribution >= 0.6 is 0 Å². The van der Waals surface area contributed by atoms with Crippen molar-refractivity contribution in [1.29, 1.82) is 0 Å². The Labute approximate surface area is 314 Å². The first-order valence-corrected chi connectivity index (χ1v) is 18.8. The van der Waals surface area contributed by atoms with E-state index in [-0.39, 0.29) is 81.2 Å². The van der Waals surface area contributed by atoms with Crippen LogP contribution in [0.2, 0.25) is 0 Å². The summed E-state index contributed by atoms with van der Waals surface area (Å²) in [6, 6.07) is 5.71. The van der Waals surface area contributed by atoms with Crippen molar-refractivity contribution < 1.29 is 37.9 Å². The van der Waals surface area contributed by atoms with E-state index in [9.17, 15) is 10.2 Å². The summed E-state index contributed by atoms with van der Waals surface area (Å²) in [6.07, 6.45) is 11.3. The second-order valence-electron chi connectivity index (χ2n) is 15.2. The molecule has 2 saturated heterocycles. The number of piperidine rings is 1. The zero-order valence-corrected chi connectivity index (χ0v) is 31.4. The van der Waals surface area contributed by atoms with Crippen LogP contribution in [0.25, 0.3) is 32.9 Å². The molecule has 4 unspecified atom stereocenters. The molecule has 4 heterocycles. The van der Waals surface area contributed by atoms with Gasteiger partial charge in [-0.25, -0.2) is 13.8 Å². The fourth-order valence-corrected chi connectivity index (χ4v) is 9.04. The lowest BCUT2D eigenvalue weighted by Gasteiger charge is -2.47. The van der Waals surface area contributed by atoms with Gasteiger partial charge in [0.1, 0.15) is 34.0 Å². The Kier molecular flexibility index (Phi) is 11.1. The Morgan fingerprint density at radius 2 is 1.91 bits per heavy atom. The van der Waals surface area contributed by atoms with Gasteiger partial charge in [0.25, 0.3) is 0 Å². The molecule has 13 heteroatoms. The van der Waals surface area contributed by atoms with Crippen LogP contribution in [-0.2, 0) is 9.47 Å². The van der Waals surface area contributed by atoms with Gasteiger partial charge < -0.3 is 34.1 Å². The summed E-state index contributed by atoms with van der Waals surface area (Å²) in [5, 5.41) is 22.2. The van der Waals surface area contributed by atoms with Gasteiger partial charge in [0, 0.05) is 49.2 Å². The third kappa shape index (κ3) is 7.24. The maximum Gasteiger partial charge on any atom is 0.319 e. The predicted molar refractivity (Wildman–Crippen MR) is 202 cm³/mol. The number of aromatic nitrogens is 3. The molecule has 4 aromatic rings. The van der Waals surface area contributed by atoms with Crippen molar-refractivity contribution in [2.75, 3.05) is 65.1 Å². The maximum absolute atomic E-state index is 17.2. The number of anilines is 1. The van der Waals surface area contributed by atoms with Gasteiger partial charge in [-0.15, -0.1) is 6.42 Å². The van der Waals surface area contributed by atoms with Gasteiger partial charge in [0.15, 0.2) is 5.82 Å². The van der Waals surface area contributed by atoms with Crippen LogP contribution in [0.4, 0.5) is 14.6 Å². The van der Waals surface area contributed by atoms with Crippen molar-refractivity contribution in [3.05, 3.63) is 41.5 Å². The minimum atomic E-state index is -0.856. The molecule has 288 valence electrons. The van der Waals surface area contributed by atoms with Crippen molar-refractivity contribution in [3.63, 3.8) is 0 Å². The lowest BCUT2D eigenvalue weighted by molar-refractivity contribution is -0.0107. The number of β-amino-alcohol motifs (C(OH)–C–C–N with tert-alkyl or cyclic N) is 1. The van der Waals surface area contributed by atoms with Crippen molar-refractivity contribution in [3.8, 4) is 41.2 Å². The summed E-state index contributed by atoms with van der Waals surface area (Å²) >= 11 is 0. The van der Waals surface area contributed by atoms with Crippen LogP contribution in [0.3, 0.4) is 0 Å². The molecule has 1 saturated carbocycles. The highest BCUT2D eigenvalue weighted by molar-refractivity contribution is 6.04. The number of hydrogen-bond donors (Lipinski definition) is 2. The number of phenols is 1. The predicted octanol–water partition coefficient (Wildman–Crippen LogP) is 6.09. The van der Waals surface area contributed by atoms with Gasteiger partial charge >= 0.3 is 6.01 Å². The number of terminal acetylenes is 1. The van der Waals surface area contributed by atoms with Gasteiger partial charge in [0.05, 0.1) is 44.7 Å². The number of ether oxygens (including phenoxy) is 4. The molecule has 54 heavy (non-hydrogen) atoms. The molecule has 2 aromatic heterocycles. The Hall–Kier alpha value is -4.35. The number of pyridine rings is 1. The van der Waals surface area contributed by atoms with E-state index in [0.717, 1.165) is 51.6 Å². The monoisotopic (exact) mass is 745 g/mol. The summed E-state index contributed by atoms with van der Waals surface area (Å²) in [5.74, 6) is 1.40. The third-order valence-electron chi connectivity index (χ3n) is 11.5. The van der Waals surface area contributed by atoms with Gasteiger partial charge in [-0.1, -0.05) is 25.3 Å². The molecular weight excluding hydrogens is 696 g/mol. The van der Waals surface area contributed by atoms with Gasteiger partial charge in [-0.3, -0.25) is 4.90 Å². The molecule has 11 nitrogen and oxygen atoms in total. The highest BCUT2D eigenvalue weighted by Gasteiger charge is 2.48. The molecule has 3 aliphatic rings. The standard InChI is InChI=1S/C41H49F2N5O6/c1-6-29-31(42)11-10-26-18-27(49)19-30(33(26)29)36-35(43)37-34(39(44-36)52-5)38(48-15-16-53-22-28(50)21-48)46-40(45-37)54-23-41-12-7-9-32(41)47(14-8-13-41)20-24(2)17-25(3)51-4/h1,10-11,18-19,24-25,28,32,49-50H,7-9,12-17,20-23H2,2-5H3/t24?,25?,28?,32-,41?/m1/s1. The average molecular weight is 746 g/mol. The van der Waals surface area contributed by atoms with E-state index in [1.807, 2.05) is 0 Å². The van der Waals surface area contributed by atoms with E-state index < -0.39 is 17.7 Å². The van der Waals surface area contributed by atoms with Gasteiger partial charge in [-0.2, -0.15) is 9.97 Å². The van der Waals surface area contributed by atoms with Gasteiger partial charge in [-0.05, 0) is 75.1 Å². The van der Waals surface area contributed by atoms with Crippen LogP contribution in [0.5, 0.6) is 17.6 Å². The Bertz CT molecular complexity index is 2060. The Morgan fingerprint density at radius 3 is 2.69 bits per heavy atom. The third-order valence-corrected chi connectivity index (χ3v) is 11.5. The molecule has 0 bridgehead atoms. The minimum Gasteiger partial charge on any atom is -0.508 e. The number of aromatic hydroxyl groups is 1. The van der Waals surface area contributed by atoms with Crippen LogP contribution in [0.15, 0.2) is 24.3 Å². The van der Waals surface area contributed by atoms with Gasteiger partial charge in [0.2, 0.25) is 5.88 Å². The summed E-state index contributed by atoms with van der Waals surface area (Å²) < 4.78 is 55.8. The Morgan fingerprint density at radius 1 is 1.09 bits per heavy atom. The zero-order valence-electron chi connectivity index (χ0n) is 31.4. The fourth-order valence-electron chi connectivity index (χ4n) is 9.04. The first kappa shape index (κ1) is 37.9. The number of phenolic OH excluding ortho intramolecular Hbond substituents is 1. The zero-order chi connectivity index (χ0) is 38.1. The maximum atomic E-state index is 17.2. The highest BCUT2D eigenvalue weighted by atomic mass is 19.1. The fraction of sp³-hybridized carbons (Fsp3) is 0.537. The molecule has 1 aliphatic carbocycles. The van der Waals surface area contributed by atoms with Crippen molar-refractivity contribution in [1.82, 2.24) is 19.9 Å². The van der Waals surface area contributed by atoms with Crippen LogP contribution < -0.4 is 14.4 Å². The number of nitrogens with zero attached hydrogens (tertiary/aromatic N) is 5. The number of halogens is 2. The number of hydrogen-bond acceptors (Lipinski definition) is 11. The molecular formula is C41H49F2N5O6. The number of methoxy groups -OCH3 is 2. The molecule has 2 aromatic carbocycles. The largest absolute Gasteiger partial charge is 0.508 e. The minimum absolute atomic E-state index is 0.00737. The normalized spacial score (nSPS) is 23.2. The second kappa shape index (κ2) is 15.8. The van der Waals surface area contributed by atoms with E-state index in [0.29, 0.717) is 37.1 Å².